The lowest BCUT2D eigenvalue weighted by Gasteiger charge is -2.34. The van der Waals surface area contributed by atoms with Crippen molar-refractivity contribution in [3.8, 4) is 5.75 Å². The largest absolute Gasteiger partial charge is 0.494 e. The first kappa shape index (κ1) is 19.8. The fraction of sp³-hybridized carbons (Fsp3) is 0.429. The summed E-state index contributed by atoms with van der Waals surface area (Å²) in [4.78, 5) is 28.1. The number of nitrogens with one attached hydrogen (secondary N) is 1. The number of furan rings is 1. The maximum absolute atomic E-state index is 12.4. The van der Waals surface area contributed by atoms with Crippen molar-refractivity contribution in [1.29, 1.82) is 0 Å². The van der Waals surface area contributed by atoms with Gasteiger partial charge in [-0.3, -0.25) is 4.79 Å². The number of nitrogens with zero attached hydrogens (tertiary/aromatic N) is 2. The van der Waals surface area contributed by atoms with Crippen molar-refractivity contribution >= 4 is 11.9 Å². The van der Waals surface area contributed by atoms with Gasteiger partial charge >= 0.3 is 6.03 Å². The van der Waals surface area contributed by atoms with Gasteiger partial charge in [0.2, 0.25) is 0 Å². The van der Waals surface area contributed by atoms with Gasteiger partial charge in [-0.15, -0.1) is 0 Å². The number of hydrogen-bond acceptors (Lipinski definition) is 4. The van der Waals surface area contributed by atoms with E-state index >= 15 is 0 Å². The monoisotopic (exact) mass is 385 g/mol. The molecule has 7 heteroatoms. The van der Waals surface area contributed by atoms with Gasteiger partial charge in [0.25, 0.3) is 5.91 Å². The molecule has 0 radical (unpaired) electrons. The smallest absolute Gasteiger partial charge is 0.317 e. The van der Waals surface area contributed by atoms with Gasteiger partial charge in [0.15, 0.2) is 5.76 Å². The zero-order chi connectivity index (χ0) is 19.8. The van der Waals surface area contributed by atoms with E-state index in [0.717, 1.165) is 24.2 Å². The minimum absolute atomic E-state index is 0.0940. The molecule has 1 aromatic heterocycles. The molecule has 7 nitrogen and oxygen atoms in total. The van der Waals surface area contributed by atoms with Crippen LogP contribution in [0.1, 0.15) is 29.5 Å². The van der Waals surface area contributed by atoms with Crippen molar-refractivity contribution in [2.45, 2.75) is 19.8 Å². The zero-order valence-corrected chi connectivity index (χ0v) is 16.2. The lowest BCUT2D eigenvalue weighted by molar-refractivity contribution is 0.0634. The third kappa shape index (κ3) is 5.28. The van der Waals surface area contributed by atoms with E-state index in [0.29, 0.717) is 45.1 Å². The van der Waals surface area contributed by atoms with Crippen LogP contribution in [-0.2, 0) is 6.42 Å². The molecule has 2 heterocycles. The first-order chi connectivity index (χ1) is 13.7. The lowest BCUT2D eigenvalue weighted by atomic mass is 10.1. The van der Waals surface area contributed by atoms with E-state index in [2.05, 4.69) is 12.2 Å². The van der Waals surface area contributed by atoms with Crippen molar-refractivity contribution < 1.29 is 18.7 Å². The van der Waals surface area contributed by atoms with Crippen LogP contribution in [0, 0.1) is 0 Å². The predicted molar refractivity (Wildman–Crippen MR) is 106 cm³/mol. The van der Waals surface area contributed by atoms with Gasteiger partial charge in [-0.2, -0.15) is 0 Å². The minimum Gasteiger partial charge on any atom is -0.494 e. The Morgan fingerprint density at radius 2 is 1.89 bits per heavy atom. The highest BCUT2D eigenvalue weighted by molar-refractivity contribution is 5.91. The zero-order valence-electron chi connectivity index (χ0n) is 16.2. The van der Waals surface area contributed by atoms with Gasteiger partial charge in [0, 0.05) is 32.7 Å². The molecule has 1 saturated heterocycles. The highest BCUT2D eigenvalue weighted by atomic mass is 16.5. The number of piperazine rings is 1. The van der Waals surface area contributed by atoms with E-state index in [9.17, 15) is 9.59 Å². The van der Waals surface area contributed by atoms with Crippen LogP contribution in [0.5, 0.6) is 5.75 Å². The molecule has 0 unspecified atom stereocenters. The summed E-state index contributed by atoms with van der Waals surface area (Å²) in [5, 5.41) is 2.96. The third-order valence-electron chi connectivity index (χ3n) is 4.65. The first-order valence-electron chi connectivity index (χ1n) is 9.74. The van der Waals surface area contributed by atoms with E-state index in [-0.39, 0.29) is 11.9 Å². The Morgan fingerprint density at radius 3 is 2.61 bits per heavy atom. The molecule has 1 aliphatic rings. The SMILES string of the molecule is CCCOc1cccc(CCNC(=O)N2CCN(C(=O)c3ccco3)CC2)c1. The molecule has 0 aliphatic carbocycles. The summed E-state index contributed by atoms with van der Waals surface area (Å²) in [7, 11) is 0. The van der Waals surface area contributed by atoms with E-state index < -0.39 is 0 Å². The number of ether oxygens (including phenoxy) is 1. The topological polar surface area (TPSA) is 75.0 Å². The summed E-state index contributed by atoms with van der Waals surface area (Å²) < 4.78 is 10.8. The molecule has 2 aromatic rings. The maximum Gasteiger partial charge on any atom is 0.317 e. The lowest BCUT2D eigenvalue weighted by Crippen LogP contribution is -2.53. The number of hydrogen-bond donors (Lipinski definition) is 1. The fourth-order valence-electron chi connectivity index (χ4n) is 3.10. The van der Waals surface area contributed by atoms with Gasteiger partial charge in [0.1, 0.15) is 5.75 Å². The van der Waals surface area contributed by atoms with E-state index in [1.54, 1.807) is 21.9 Å². The molecular weight excluding hydrogens is 358 g/mol. The number of amides is 3. The molecule has 0 bridgehead atoms. The molecule has 0 saturated carbocycles. The predicted octanol–water partition coefficient (Wildman–Crippen LogP) is 2.78. The molecule has 1 fully saturated rings. The van der Waals surface area contributed by atoms with Crippen molar-refractivity contribution in [2.24, 2.45) is 0 Å². The quantitative estimate of drug-likeness (QED) is 0.795. The van der Waals surface area contributed by atoms with Gasteiger partial charge in [-0.05, 0) is 42.7 Å². The standard InChI is InChI=1S/C21H27N3O4/c1-2-14-27-18-6-3-5-17(16-18)8-9-22-21(26)24-12-10-23(11-13-24)20(25)19-7-4-15-28-19/h3-7,15-16H,2,8-14H2,1H3,(H,22,26). The van der Waals surface area contributed by atoms with Crippen molar-refractivity contribution in [2.75, 3.05) is 39.3 Å². The number of benzene rings is 1. The van der Waals surface area contributed by atoms with Crippen LogP contribution in [-0.4, -0.2) is 61.1 Å². The van der Waals surface area contributed by atoms with Crippen LogP contribution in [0.25, 0.3) is 0 Å². The average Bonchev–Trinajstić information content (AvgIpc) is 3.27. The summed E-state index contributed by atoms with van der Waals surface area (Å²) in [6.07, 6.45) is 3.20. The van der Waals surface area contributed by atoms with Gasteiger partial charge in [-0.1, -0.05) is 19.1 Å². The Bertz CT molecular complexity index is 768. The van der Waals surface area contributed by atoms with Gasteiger partial charge in [-0.25, -0.2) is 4.79 Å². The second-order valence-corrected chi connectivity index (χ2v) is 6.73. The fourth-order valence-corrected chi connectivity index (χ4v) is 3.10. The summed E-state index contributed by atoms with van der Waals surface area (Å²) in [5.41, 5.74) is 1.13. The van der Waals surface area contributed by atoms with E-state index in [1.807, 2.05) is 24.3 Å². The molecule has 0 atom stereocenters. The molecule has 0 spiro atoms. The summed E-state index contributed by atoms with van der Waals surface area (Å²) >= 11 is 0. The summed E-state index contributed by atoms with van der Waals surface area (Å²) in [5.74, 6) is 1.07. The summed E-state index contributed by atoms with van der Waals surface area (Å²) in [6, 6.07) is 11.2. The number of carbonyl (C=O) groups is 2. The average molecular weight is 385 g/mol. The number of carbonyl (C=O) groups excluding carboxylic acids is 2. The highest BCUT2D eigenvalue weighted by Gasteiger charge is 2.25. The van der Waals surface area contributed by atoms with Crippen LogP contribution in [0.4, 0.5) is 4.79 Å². The molecule has 150 valence electrons. The number of rotatable bonds is 7. The minimum atomic E-state index is -0.129. The normalized spacial score (nSPS) is 14.0. The van der Waals surface area contributed by atoms with Crippen LogP contribution < -0.4 is 10.1 Å². The van der Waals surface area contributed by atoms with Crippen molar-refractivity contribution in [3.63, 3.8) is 0 Å². The van der Waals surface area contributed by atoms with Crippen LogP contribution >= 0.6 is 0 Å². The Hall–Kier alpha value is -2.96. The molecule has 3 rings (SSSR count). The first-order valence-corrected chi connectivity index (χ1v) is 9.74. The van der Waals surface area contributed by atoms with Crippen molar-refractivity contribution in [3.05, 3.63) is 54.0 Å². The number of urea groups is 1. The summed E-state index contributed by atoms with van der Waals surface area (Å²) in [6.45, 7) is 5.37. The highest BCUT2D eigenvalue weighted by Crippen LogP contribution is 2.14. The Kier molecular flexibility index (Phi) is 6.94. The molecule has 3 amide bonds. The second kappa shape index (κ2) is 9.82. The molecule has 1 aromatic carbocycles. The Balaban J connectivity index is 1.39. The Labute approximate surface area is 165 Å². The molecule has 1 aliphatic heterocycles. The Morgan fingerprint density at radius 1 is 1.11 bits per heavy atom. The molecule has 28 heavy (non-hydrogen) atoms. The van der Waals surface area contributed by atoms with Crippen LogP contribution in [0.15, 0.2) is 47.1 Å². The van der Waals surface area contributed by atoms with Crippen LogP contribution in [0.3, 0.4) is 0 Å². The third-order valence-corrected chi connectivity index (χ3v) is 4.65. The van der Waals surface area contributed by atoms with Crippen LogP contribution in [0.2, 0.25) is 0 Å². The molecular formula is C21H27N3O4. The second-order valence-electron chi connectivity index (χ2n) is 6.73. The molecule has 1 N–H and O–H groups in total. The van der Waals surface area contributed by atoms with Crippen molar-refractivity contribution in [1.82, 2.24) is 15.1 Å². The maximum atomic E-state index is 12.4. The van der Waals surface area contributed by atoms with E-state index in [1.165, 1.54) is 6.26 Å². The van der Waals surface area contributed by atoms with Gasteiger partial charge in [0.05, 0.1) is 12.9 Å². The van der Waals surface area contributed by atoms with E-state index in [4.69, 9.17) is 9.15 Å². The van der Waals surface area contributed by atoms with Gasteiger partial charge < -0.3 is 24.3 Å².